The summed E-state index contributed by atoms with van der Waals surface area (Å²) in [6.07, 6.45) is 3.70. The smallest absolute Gasteiger partial charge is 0.331 e. The lowest BCUT2D eigenvalue weighted by atomic mass is 9.81. The van der Waals surface area contributed by atoms with Crippen LogP contribution in [-0.4, -0.2) is 46.6 Å². The Balaban J connectivity index is 1.81. The average Bonchev–Trinajstić information content (AvgIpc) is 2.84. The molecule has 2 aromatic rings. The Kier molecular flexibility index (Phi) is 7.63. The molecule has 178 valence electrons. The molecule has 3 rings (SSSR count). The molecule has 1 fully saturated rings. The summed E-state index contributed by atoms with van der Waals surface area (Å²) in [5, 5.41) is 2.87. The van der Waals surface area contributed by atoms with Gasteiger partial charge in [0.05, 0.1) is 24.3 Å². The Morgan fingerprint density at radius 2 is 1.67 bits per heavy atom. The zero-order chi connectivity index (χ0) is 24.1. The maximum Gasteiger partial charge on any atom is 0.331 e. The number of nitrogens with zero attached hydrogens (tertiary/aromatic N) is 1. The van der Waals surface area contributed by atoms with E-state index in [0.717, 1.165) is 23.6 Å². The maximum atomic E-state index is 13.1. The van der Waals surface area contributed by atoms with Crippen molar-refractivity contribution in [3.05, 3.63) is 54.1 Å². The van der Waals surface area contributed by atoms with E-state index in [-0.39, 0.29) is 17.1 Å². The molecule has 0 saturated heterocycles. The molecule has 0 bridgehead atoms. The Hall–Kier alpha value is -3.07. The number of anilines is 1. The van der Waals surface area contributed by atoms with E-state index in [1.807, 2.05) is 0 Å². The molecule has 1 N–H and O–H groups in total. The molecule has 2 aromatic carbocycles. The zero-order valence-electron chi connectivity index (χ0n) is 19.2. The molecular formula is C24H30N2O6S. The Morgan fingerprint density at radius 1 is 1.03 bits per heavy atom. The first kappa shape index (κ1) is 24.6. The van der Waals surface area contributed by atoms with Gasteiger partial charge < -0.3 is 14.8 Å². The number of hydrogen-bond acceptors (Lipinski definition) is 6. The summed E-state index contributed by atoms with van der Waals surface area (Å²) in [7, 11) is -0.961. The van der Waals surface area contributed by atoms with Crippen LogP contribution in [0.3, 0.4) is 0 Å². The van der Waals surface area contributed by atoms with Gasteiger partial charge in [-0.05, 0) is 56.2 Å². The lowest BCUT2D eigenvalue weighted by molar-refractivity contribution is -0.152. The number of benzene rings is 2. The number of nitrogens with one attached hydrogen (secondary N) is 1. The third-order valence-electron chi connectivity index (χ3n) is 5.93. The minimum Gasteiger partial charge on any atom is -0.495 e. The van der Waals surface area contributed by atoms with E-state index in [1.165, 1.54) is 38.4 Å². The number of rotatable bonds is 8. The highest BCUT2D eigenvalue weighted by atomic mass is 32.2. The second-order valence-electron chi connectivity index (χ2n) is 7.99. The van der Waals surface area contributed by atoms with Crippen molar-refractivity contribution in [2.75, 3.05) is 25.1 Å². The van der Waals surface area contributed by atoms with Gasteiger partial charge in [-0.3, -0.25) is 9.10 Å². The minimum absolute atomic E-state index is 0.0326. The van der Waals surface area contributed by atoms with Gasteiger partial charge in [0.15, 0.2) is 0 Å². The van der Waals surface area contributed by atoms with E-state index in [9.17, 15) is 18.0 Å². The number of amides is 1. The number of para-hydroxylation sites is 2. The maximum absolute atomic E-state index is 13.1. The Bertz CT molecular complexity index is 1090. The SMILES string of the molecule is CCOC(=O)C1(NC(=O)c2ccc(S(=O)(=O)N(C)c3ccccc3OC)cc2)CCCCC1. The predicted octanol–water partition coefficient (Wildman–Crippen LogP) is 3.52. The van der Waals surface area contributed by atoms with Crippen molar-refractivity contribution in [1.29, 1.82) is 0 Å². The van der Waals surface area contributed by atoms with E-state index in [2.05, 4.69) is 5.32 Å². The molecule has 0 radical (unpaired) electrons. The van der Waals surface area contributed by atoms with Crippen LogP contribution in [0.5, 0.6) is 5.75 Å². The number of carbonyl (C=O) groups is 2. The number of methoxy groups -OCH3 is 1. The van der Waals surface area contributed by atoms with E-state index in [0.29, 0.717) is 24.3 Å². The van der Waals surface area contributed by atoms with Crippen LogP contribution in [0.1, 0.15) is 49.4 Å². The van der Waals surface area contributed by atoms with Crippen molar-refractivity contribution in [3.63, 3.8) is 0 Å². The molecule has 0 atom stereocenters. The molecule has 0 spiro atoms. The zero-order valence-corrected chi connectivity index (χ0v) is 20.0. The van der Waals surface area contributed by atoms with Crippen molar-refractivity contribution in [2.45, 2.75) is 49.5 Å². The van der Waals surface area contributed by atoms with Crippen LogP contribution in [0.2, 0.25) is 0 Å². The van der Waals surface area contributed by atoms with Gasteiger partial charge in [-0.2, -0.15) is 0 Å². The first-order valence-electron chi connectivity index (χ1n) is 11.0. The van der Waals surface area contributed by atoms with E-state index in [4.69, 9.17) is 9.47 Å². The summed E-state index contributed by atoms with van der Waals surface area (Å²) in [5.74, 6) is -0.431. The fourth-order valence-corrected chi connectivity index (χ4v) is 5.26. The summed E-state index contributed by atoms with van der Waals surface area (Å²) in [5.41, 5.74) is -0.376. The molecular weight excluding hydrogens is 444 g/mol. The normalized spacial score (nSPS) is 15.4. The van der Waals surface area contributed by atoms with Crippen LogP contribution in [0.4, 0.5) is 5.69 Å². The van der Waals surface area contributed by atoms with Gasteiger partial charge in [-0.25, -0.2) is 13.2 Å². The third-order valence-corrected chi connectivity index (χ3v) is 7.71. The van der Waals surface area contributed by atoms with Crippen molar-refractivity contribution in [2.24, 2.45) is 0 Å². The number of sulfonamides is 1. The predicted molar refractivity (Wildman–Crippen MR) is 125 cm³/mol. The topological polar surface area (TPSA) is 102 Å². The van der Waals surface area contributed by atoms with Crippen LogP contribution < -0.4 is 14.4 Å². The number of esters is 1. The lowest BCUT2D eigenvalue weighted by Crippen LogP contribution is -2.56. The van der Waals surface area contributed by atoms with Crippen molar-refractivity contribution in [1.82, 2.24) is 5.32 Å². The fourth-order valence-electron chi connectivity index (χ4n) is 4.05. The monoisotopic (exact) mass is 474 g/mol. The average molecular weight is 475 g/mol. The molecule has 1 saturated carbocycles. The first-order chi connectivity index (χ1) is 15.7. The van der Waals surface area contributed by atoms with Crippen LogP contribution in [-0.2, 0) is 19.6 Å². The van der Waals surface area contributed by atoms with Gasteiger partial charge in [-0.1, -0.05) is 31.4 Å². The van der Waals surface area contributed by atoms with Crippen LogP contribution >= 0.6 is 0 Å². The summed E-state index contributed by atoms with van der Waals surface area (Å²) in [4.78, 5) is 25.6. The van der Waals surface area contributed by atoms with E-state index in [1.54, 1.807) is 31.2 Å². The van der Waals surface area contributed by atoms with Crippen LogP contribution in [0, 0.1) is 0 Å². The molecule has 9 heteroatoms. The van der Waals surface area contributed by atoms with Gasteiger partial charge in [0.1, 0.15) is 11.3 Å². The summed E-state index contributed by atoms with van der Waals surface area (Å²) < 4.78 is 37.9. The highest BCUT2D eigenvalue weighted by molar-refractivity contribution is 7.92. The highest BCUT2D eigenvalue weighted by Gasteiger charge is 2.42. The van der Waals surface area contributed by atoms with Crippen molar-refractivity contribution < 1.29 is 27.5 Å². The molecule has 0 aromatic heterocycles. The largest absolute Gasteiger partial charge is 0.495 e. The Labute approximate surface area is 194 Å². The summed E-state index contributed by atoms with van der Waals surface area (Å²) >= 11 is 0. The minimum atomic E-state index is -3.88. The third kappa shape index (κ3) is 5.13. The van der Waals surface area contributed by atoms with Gasteiger partial charge in [0, 0.05) is 12.6 Å². The fraction of sp³-hybridized carbons (Fsp3) is 0.417. The second-order valence-corrected chi connectivity index (χ2v) is 9.96. The van der Waals surface area contributed by atoms with Crippen molar-refractivity contribution >= 4 is 27.6 Å². The molecule has 8 nitrogen and oxygen atoms in total. The molecule has 0 unspecified atom stereocenters. The van der Waals surface area contributed by atoms with E-state index >= 15 is 0 Å². The highest BCUT2D eigenvalue weighted by Crippen LogP contribution is 2.32. The lowest BCUT2D eigenvalue weighted by Gasteiger charge is -2.35. The number of hydrogen-bond donors (Lipinski definition) is 1. The van der Waals surface area contributed by atoms with Gasteiger partial charge >= 0.3 is 5.97 Å². The molecule has 1 amide bonds. The van der Waals surface area contributed by atoms with Gasteiger partial charge in [0.2, 0.25) is 0 Å². The molecule has 33 heavy (non-hydrogen) atoms. The van der Waals surface area contributed by atoms with Gasteiger partial charge in [-0.15, -0.1) is 0 Å². The summed E-state index contributed by atoms with van der Waals surface area (Å²) in [6.45, 7) is 1.97. The molecule has 1 aliphatic rings. The van der Waals surface area contributed by atoms with Crippen LogP contribution in [0.15, 0.2) is 53.4 Å². The summed E-state index contributed by atoms with van der Waals surface area (Å²) in [6, 6.07) is 12.5. The second kappa shape index (κ2) is 10.2. The quantitative estimate of drug-likeness (QED) is 0.588. The number of carbonyl (C=O) groups excluding carboxylic acids is 2. The Morgan fingerprint density at radius 3 is 2.27 bits per heavy atom. The van der Waals surface area contributed by atoms with Gasteiger partial charge in [0.25, 0.3) is 15.9 Å². The standard InChI is InChI=1S/C24H30N2O6S/c1-4-32-23(28)24(16-8-5-9-17-24)25-22(27)18-12-14-19(15-13-18)33(29,30)26(2)20-10-6-7-11-21(20)31-3/h6-7,10-15H,4-5,8-9,16-17H2,1-3H3,(H,25,27). The van der Waals surface area contributed by atoms with Crippen LogP contribution in [0.25, 0.3) is 0 Å². The van der Waals surface area contributed by atoms with E-state index < -0.39 is 27.4 Å². The number of ether oxygens (including phenoxy) is 2. The van der Waals surface area contributed by atoms with Crippen molar-refractivity contribution in [3.8, 4) is 5.75 Å². The molecule has 1 aliphatic carbocycles. The molecule has 0 aliphatic heterocycles. The first-order valence-corrected chi connectivity index (χ1v) is 12.4. The molecule has 0 heterocycles.